The summed E-state index contributed by atoms with van der Waals surface area (Å²) < 4.78 is 0. The topological polar surface area (TPSA) is 39.1 Å². The quantitative estimate of drug-likeness (QED) is 0.935. The van der Waals surface area contributed by atoms with E-state index in [9.17, 15) is 5.26 Å². The number of hydrogen-bond donors (Lipinski definition) is 1. The minimum absolute atomic E-state index is 0.269. The van der Waals surface area contributed by atoms with Crippen molar-refractivity contribution in [2.75, 3.05) is 18.5 Å². The number of para-hydroxylation sites is 2. The molecule has 0 aliphatic carbocycles. The summed E-state index contributed by atoms with van der Waals surface area (Å²) in [7, 11) is 1.96. The number of benzene rings is 2. The predicted molar refractivity (Wildman–Crippen MR) is 87.2 cm³/mol. The Kier molecular flexibility index (Phi) is 3.87. The molecule has 1 heterocycles. The summed E-state index contributed by atoms with van der Waals surface area (Å²) in [4.78, 5) is 4.68. The monoisotopic (exact) mass is 295 g/mol. The van der Waals surface area contributed by atoms with Crippen LogP contribution in [0.25, 0.3) is 0 Å². The van der Waals surface area contributed by atoms with E-state index in [0.29, 0.717) is 0 Å². The van der Waals surface area contributed by atoms with E-state index in [0.717, 1.165) is 22.7 Å². The summed E-state index contributed by atoms with van der Waals surface area (Å²) in [5.41, 5.74) is 2.95. The fourth-order valence-corrected chi connectivity index (χ4v) is 3.88. The van der Waals surface area contributed by atoms with Crippen LogP contribution in [0.15, 0.2) is 52.3 Å². The van der Waals surface area contributed by atoms with Crippen molar-refractivity contribution in [3.8, 4) is 6.07 Å². The van der Waals surface area contributed by atoms with Gasteiger partial charge in [-0.2, -0.15) is 5.26 Å². The summed E-state index contributed by atoms with van der Waals surface area (Å²) in [6.07, 6.45) is 0. The van der Waals surface area contributed by atoms with Gasteiger partial charge in [-0.15, -0.1) is 0 Å². The van der Waals surface area contributed by atoms with Crippen LogP contribution in [0.3, 0.4) is 0 Å². The molecule has 2 aromatic carbocycles. The predicted octanol–water partition coefficient (Wildman–Crippen LogP) is 3.77. The SMILES string of the molecule is CNCC(C)N1c2ccccc2Sc2cccc(C#N)c21. The Labute approximate surface area is 129 Å². The molecule has 1 N–H and O–H groups in total. The molecule has 0 spiro atoms. The Balaban J connectivity index is 2.20. The van der Waals surface area contributed by atoms with Crippen LogP contribution in [0.1, 0.15) is 12.5 Å². The second-order valence-corrected chi connectivity index (χ2v) is 6.19. The normalized spacial score (nSPS) is 14.0. The number of hydrogen-bond acceptors (Lipinski definition) is 4. The van der Waals surface area contributed by atoms with Gasteiger partial charge in [0.1, 0.15) is 6.07 Å². The molecule has 3 rings (SSSR count). The molecule has 1 atom stereocenters. The van der Waals surface area contributed by atoms with Gasteiger partial charge < -0.3 is 10.2 Å². The highest BCUT2D eigenvalue weighted by Gasteiger charge is 2.28. The lowest BCUT2D eigenvalue weighted by atomic mass is 10.1. The third-order valence-corrected chi connectivity index (χ3v) is 4.76. The molecule has 1 aliphatic heterocycles. The molecule has 21 heavy (non-hydrogen) atoms. The summed E-state index contributed by atoms with van der Waals surface area (Å²) >= 11 is 1.74. The van der Waals surface area contributed by atoms with Crippen molar-refractivity contribution in [1.29, 1.82) is 5.26 Å². The van der Waals surface area contributed by atoms with Gasteiger partial charge in [-0.25, -0.2) is 0 Å². The third kappa shape index (κ3) is 2.39. The van der Waals surface area contributed by atoms with Gasteiger partial charge in [-0.1, -0.05) is 30.0 Å². The van der Waals surface area contributed by atoms with Crippen molar-refractivity contribution in [2.24, 2.45) is 0 Å². The van der Waals surface area contributed by atoms with Gasteiger partial charge in [0.15, 0.2) is 0 Å². The van der Waals surface area contributed by atoms with Crippen LogP contribution < -0.4 is 10.2 Å². The number of nitriles is 1. The first-order chi connectivity index (χ1) is 10.3. The molecule has 0 bridgehead atoms. The zero-order valence-electron chi connectivity index (χ0n) is 12.1. The Morgan fingerprint density at radius 1 is 1.19 bits per heavy atom. The standard InChI is InChI=1S/C17H17N3S/c1-12(11-19-2)20-14-7-3-4-8-15(14)21-16-9-5-6-13(10-18)17(16)20/h3-9,12,19H,11H2,1-2H3. The molecule has 0 fully saturated rings. The maximum Gasteiger partial charge on any atom is 0.101 e. The number of anilines is 2. The first-order valence-corrected chi connectivity index (χ1v) is 7.81. The highest BCUT2D eigenvalue weighted by Crippen LogP contribution is 2.50. The highest BCUT2D eigenvalue weighted by molar-refractivity contribution is 7.99. The van der Waals surface area contributed by atoms with Crippen molar-refractivity contribution in [2.45, 2.75) is 22.8 Å². The van der Waals surface area contributed by atoms with Crippen molar-refractivity contribution in [3.05, 3.63) is 48.0 Å². The first-order valence-electron chi connectivity index (χ1n) is 7.00. The average molecular weight is 295 g/mol. The highest BCUT2D eigenvalue weighted by atomic mass is 32.2. The molecule has 4 heteroatoms. The van der Waals surface area contributed by atoms with E-state index in [2.05, 4.69) is 53.5 Å². The maximum absolute atomic E-state index is 9.47. The Bertz CT molecular complexity index is 705. The molecular weight excluding hydrogens is 278 g/mol. The van der Waals surface area contributed by atoms with Crippen LogP contribution in [-0.4, -0.2) is 19.6 Å². The molecule has 1 unspecified atom stereocenters. The third-order valence-electron chi connectivity index (χ3n) is 3.65. The van der Waals surface area contributed by atoms with Gasteiger partial charge in [-0.05, 0) is 38.2 Å². The lowest BCUT2D eigenvalue weighted by molar-refractivity contribution is 0.641. The number of likely N-dealkylation sites (N-methyl/N-ethyl adjacent to an activating group) is 1. The van der Waals surface area contributed by atoms with Crippen LogP contribution in [0.4, 0.5) is 11.4 Å². The van der Waals surface area contributed by atoms with Crippen molar-refractivity contribution in [3.63, 3.8) is 0 Å². The Hall–Kier alpha value is -1.96. The summed E-state index contributed by atoms with van der Waals surface area (Å²) in [5.74, 6) is 0. The van der Waals surface area contributed by atoms with Crippen LogP contribution in [0.2, 0.25) is 0 Å². The Morgan fingerprint density at radius 2 is 1.95 bits per heavy atom. The minimum Gasteiger partial charge on any atom is -0.334 e. The molecule has 106 valence electrons. The van der Waals surface area contributed by atoms with Crippen molar-refractivity contribution in [1.82, 2.24) is 5.32 Å². The van der Waals surface area contributed by atoms with Crippen molar-refractivity contribution < 1.29 is 0 Å². The fourth-order valence-electron chi connectivity index (χ4n) is 2.77. The summed E-state index contributed by atoms with van der Waals surface area (Å²) in [5, 5.41) is 12.7. The lowest BCUT2D eigenvalue weighted by Gasteiger charge is -2.37. The van der Waals surface area contributed by atoms with E-state index >= 15 is 0 Å². The van der Waals surface area contributed by atoms with E-state index in [-0.39, 0.29) is 6.04 Å². The van der Waals surface area contributed by atoms with Gasteiger partial charge in [0.2, 0.25) is 0 Å². The summed E-state index contributed by atoms with van der Waals surface area (Å²) in [6, 6.07) is 16.9. The van der Waals surface area contributed by atoms with Crippen LogP contribution in [0.5, 0.6) is 0 Å². The van der Waals surface area contributed by atoms with E-state index in [1.165, 1.54) is 10.6 Å². The van der Waals surface area contributed by atoms with Crippen molar-refractivity contribution >= 4 is 23.1 Å². The number of rotatable bonds is 3. The largest absolute Gasteiger partial charge is 0.334 e. The lowest BCUT2D eigenvalue weighted by Crippen LogP contribution is -2.38. The van der Waals surface area contributed by atoms with E-state index in [1.54, 1.807) is 11.8 Å². The van der Waals surface area contributed by atoms with E-state index < -0.39 is 0 Å². The minimum atomic E-state index is 0.269. The number of nitrogens with zero attached hydrogens (tertiary/aromatic N) is 2. The number of fused-ring (bicyclic) bond motifs is 2. The van der Waals surface area contributed by atoms with Crippen LogP contribution in [0, 0.1) is 11.3 Å². The van der Waals surface area contributed by atoms with Gasteiger partial charge >= 0.3 is 0 Å². The molecule has 2 aromatic rings. The fraction of sp³-hybridized carbons (Fsp3) is 0.235. The molecule has 1 aliphatic rings. The second kappa shape index (κ2) is 5.80. The maximum atomic E-state index is 9.47. The smallest absolute Gasteiger partial charge is 0.101 e. The molecular formula is C17H17N3S. The van der Waals surface area contributed by atoms with E-state index in [1.807, 2.05) is 19.2 Å². The van der Waals surface area contributed by atoms with Crippen LogP contribution in [-0.2, 0) is 0 Å². The molecule has 0 amide bonds. The van der Waals surface area contributed by atoms with Gasteiger partial charge in [0.25, 0.3) is 0 Å². The van der Waals surface area contributed by atoms with Gasteiger partial charge in [-0.3, -0.25) is 0 Å². The van der Waals surface area contributed by atoms with Crippen LogP contribution >= 0.6 is 11.8 Å². The van der Waals surface area contributed by atoms with E-state index in [4.69, 9.17) is 0 Å². The zero-order chi connectivity index (χ0) is 14.8. The molecule has 0 saturated heterocycles. The summed E-state index contributed by atoms with van der Waals surface area (Å²) in [6.45, 7) is 3.04. The van der Waals surface area contributed by atoms with Gasteiger partial charge in [0.05, 0.1) is 16.9 Å². The van der Waals surface area contributed by atoms with Gasteiger partial charge in [0, 0.05) is 22.4 Å². The second-order valence-electron chi connectivity index (χ2n) is 5.11. The Morgan fingerprint density at radius 3 is 2.71 bits per heavy atom. The first kappa shape index (κ1) is 14.0. The molecule has 3 nitrogen and oxygen atoms in total. The average Bonchev–Trinajstić information content (AvgIpc) is 2.52. The zero-order valence-corrected chi connectivity index (χ0v) is 12.9. The number of nitrogens with one attached hydrogen (secondary N) is 1. The molecule has 0 aromatic heterocycles. The molecule has 0 radical (unpaired) electrons. The molecule has 0 saturated carbocycles.